The Bertz CT molecular complexity index is 674. The van der Waals surface area contributed by atoms with E-state index < -0.39 is 26.7 Å². The number of hydrogen-bond donors (Lipinski definition) is 3. The average molecular weight is 332 g/mol. The van der Waals surface area contributed by atoms with Crippen molar-refractivity contribution in [3.05, 3.63) is 24.2 Å². The van der Waals surface area contributed by atoms with E-state index in [1.807, 2.05) is 12.1 Å². The van der Waals surface area contributed by atoms with E-state index in [9.17, 15) is 8.96 Å². The van der Waals surface area contributed by atoms with Crippen molar-refractivity contribution in [2.45, 2.75) is 25.4 Å². The normalized spacial score (nSPS) is 13.6. The van der Waals surface area contributed by atoms with Gasteiger partial charge in [0.15, 0.2) is 5.82 Å². The first-order valence-corrected chi connectivity index (χ1v) is 8.49. The molecule has 8 nitrogen and oxygen atoms in total. The molecular formula is C12H18FN4O4P. The van der Waals surface area contributed by atoms with E-state index in [1.165, 1.54) is 6.33 Å². The number of nitrogen functional groups attached to an aromatic ring is 1. The third kappa shape index (κ3) is 4.48. The zero-order valence-electron chi connectivity index (χ0n) is 11.8. The number of halogens is 1. The zero-order valence-corrected chi connectivity index (χ0v) is 12.7. The largest absolute Gasteiger partial charge is 0.382 e. The average Bonchev–Trinajstić information content (AvgIpc) is 2.86. The first kappa shape index (κ1) is 16.8. The van der Waals surface area contributed by atoms with Crippen molar-refractivity contribution in [2.24, 2.45) is 0 Å². The molecule has 2 aromatic heterocycles. The second kappa shape index (κ2) is 7.15. The van der Waals surface area contributed by atoms with Crippen LogP contribution in [0.5, 0.6) is 0 Å². The number of nitrogens with zero attached hydrogens (tertiary/aromatic N) is 3. The van der Waals surface area contributed by atoms with E-state index in [-0.39, 0.29) is 0 Å². The molecule has 0 radical (unpaired) electrons. The smallest absolute Gasteiger partial charge is 0.350 e. The van der Waals surface area contributed by atoms with Gasteiger partial charge in [-0.1, -0.05) is 0 Å². The van der Waals surface area contributed by atoms with Gasteiger partial charge in [-0.2, -0.15) is 5.10 Å². The molecule has 1 atom stereocenters. The molecule has 10 heteroatoms. The van der Waals surface area contributed by atoms with Crippen LogP contribution in [0.2, 0.25) is 0 Å². The van der Waals surface area contributed by atoms with Crippen LogP contribution in [-0.2, 0) is 15.7 Å². The summed E-state index contributed by atoms with van der Waals surface area (Å²) in [4.78, 5) is 21.3. The van der Waals surface area contributed by atoms with Crippen molar-refractivity contribution in [1.82, 2.24) is 14.6 Å². The molecular weight excluding hydrogens is 314 g/mol. The molecule has 0 spiro atoms. The number of nitrogens with two attached hydrogens (primary N) is 1. The van der Waals surface area contributed by atoms with E-state index in [0.717, 1.165) is 5.69 Å². The van der Waals surface area contributed by atoms with Gasteiger partial charge in [0.2, 0.25) is 0 Å². The molecule has 0 saturated heterocycles. The first-order chi connectivity index (χ1) is 10.4. The highest BCUT2D eigenvalue weighted by Gasteiger charge is 2.18. The highest BCUT2D eigenvalue weighted by atomic mass is 31.2. The fraction of sp³-hybridized carbons (Fsp3) is 0.500. The standard InChI is InChI=1S/C12H18FN4O4P/c13-6-10(21-8-22(18,19)20)3-1-2-9-4-5-11-12(14)15-7-16-17(9)11/h4-5,7,10H,1-3,6,8H2,(H2,14,15,16)(H2,18,19,20)/t10-/m0/s1. The van der Waals surface area contributed by atoms with Gasteiger partial charge >= 0.3 is 7.60 Å². The molecule has 2 aromatic rings. The van der Waals surface area contributed by atoms with Crippen LogP contribution in [0.25, 0.3) is 5.52 Å². The number of fused-ring (bicyclic) bond motifs is 1. The second-order valence-corrected chi connectivity index (χ2v) is 6.48. The minimum absolute atomic E-state index is 0.351. The van der Waals surface area contributed by atoms with E-state index >= 15 is 0 Å². The Kier molecular flexibility index (Phi) is 5.47. The highest BCUT2D eigenvalue weighted by molar-refractivity contribution is 7.51. The predicted octanol–water partition coefficient (Wildman–Crippen LogP) is 1.12. The van der Waals surface area contributed by atoms with Gasteiger partial charge in [0.25, 0.3) is 0 Å². The van der Waals surface area contributed by atoms with Gasteiger partial charge < -0.3 is 20.3 Å². The van der Waals surface area contributed by atoms with Crippen LogP contribution in [0, 0.1) is 0 Å². The van der Waals surface area contributed by atoms with Gasteiger partial charge in [-0.25, -0.2) is 13.9 Å². The third-order valence-electron chi connectivity index (χ3n) is 3.17. The van der Waals surface area contributed by atoms with Crippen molar-refractivity contribution in [1.29, 1.82) is 0 Å². The lowest BCUT2D eigenvalue weighted by molar-refractivity contribution is 0.0486. The Labute approximate surface area is 126 Å². The fourth-order valence-corrected chi connectivity index (χ4v) is 2.52. The first-order valence-electron chi connectivity index (χ1n) is 6.70. The molecule has 22 heavy (non-hydrogen) atoms. The van der Waals surface area contributed by atoms with Gasteiger partial charge in [-0.15, -0.1) is 0 Å². The van der Waals surface area contributed by atoms with Crippen molar-refractivity contribution in [3.63, 3.8) is 0 Å². The summed E-state index contributed by atoms with van der Waals surface area (Å²) in [7, 11) is -4.27. The molecule has 4 N–H and O–H groups in total. The van der Waals surface area contributed by atoms with Crippen LogP contribution in [0.15, 0.2) is 18.5 Å². The van der Waals surface area contributed by atoms with E-state index in [0.29, 0.717) is 30.6 Å². The number of aryl methyl sites for hydroxylation is 1. The van der Waals surface area contributed by atoms with E-state index in [1.54, 1.807) is 4.52 Å². The van der Waals surface area contributed by atoms with E-state index in [2.05, 4.69) is 10.1 Å². The molecule has 0 aromatic carbocycles. The van der Waals surface area contributed by atoms with Crippen LogP contribution < -0.4 is 5.73 Å². The fourth-order valence-electron chi connectivity index (χ4n) is 2.11. The summed E-state index contributed by atoms with van der Waals surface area (Å²) in [6.07, 6.45) is 1.33. The lowest BCUT2D eigenvalue weighted by Crippen LogP contribution is -2.16. The molecule has 2 rings (SSSR count). The predicted molar refractivity (Wildman–Crippen MR) is 78.1 cm³/mol. The van der Waals surface area contributed by atoms with Gasteiger partial charge in [-0.3, -0.25) is 4.57 Å². The van der Waals surface area contributed by atoms with Crippen LogP contribution in [0.1, 0.15) is 18.5 Å². The van der Waals surface area contributed by atoms with Gasteiger partial charge in [0, 0.05) is 5.69 Å². The van der Waals surface area contributed by atoms with Gasteiger partial charge in [-0.05, 0) is 31.4 Å². The summed E-state index contributed by atoms with van der Waals surface area (Å²) in [5, 5.41) is 4.11. The Hall–Kier alpha value is -1.54. The molecule has 2 heterocycles. The van der Waals surface area contributed by atoms with Gasteiger partial charge in [0.1, 0.15) is 24.9 Å². The minimum atomic E-state index is -4.27. The number of aromatic nitrogens is 3. The maximum atomic E-state index is 12.8. The maximum Gasteiger partial charge on any atom is 0.350 e. The molecule has 0 fully saturated rings. The van der Waals surface area contributed by atoms with Crippen molar-refractivity contribution in [2.75, 3.05) is 18.8 Å². The number of ether oxygens (including phenoxy) is 1. The zero-order chi connectivity index (χ0) is 16.2. The Morgan fingerprint density at radius 3 is 2.91 bits per heavy atom. The van der Waals surface area contributed by atoms with Crippen molar-refractivity contribution < 1.29 is 23.5 Å². The molecule has 0 aliphatic rings. The molecule has 0 unspecified atom stereocenters. The Morgan fingerprint density at radius 2 is 2.23 bits per heavy atom. The molecule has 0 aliphatic carbocycles. The summed E-state index contributed by atoms with van der Waals surface area (Å²) >= 11 is 0. The maximum absolute atomic E-state index is 12.8. The second-order valence-electron chi connectivity index (χ2n) is 4.90. The lowest BCUT2D eigenvalue weighted by atomic mass is 10.1. The topological polar surface area (TPSA) is 123 Å². The highest BCUT2D eigenvalue weighted by Crippen LogP contribution is 2.34. The Balaban J connectivity index is 1.89. The minimum Gasteiger partial charge on any atom is -0.382 e. The van der Waals surface area contributed by atoms with Crippen molar-refractivity contribution >= 4 is 18.9 Å². The molecule has 122 valence electrons. The molecule has 0 aliphatic heterocycles. The van der Waals surface area contributed by atoms with Gasteiger partial charge in [0.05, 0.1) is 6.10 Å². The number of alkyl halides is 1. The van der Waals surface area contributed by atoms with Crippen LogP contribution in [0.4, 0.5) is 10.2 Å². The van der Waals surface area contributed by atoms with Crippen LogP contribution >= 0.6 is 7.60 Å². The van der Waals surface area contributed by atoms with Crippen molar-refractivity contribution in [3.8, 4) is 0 Å². The van der Waals surface area contributed by atoms with Crippen LogP contribution in [-0.4, -0.2) is 43.5 Å². The third-order valence-corrected chi connectivity index (χ3v) is 3.66. The molecule has 0 saturated carbocycles. The summed E-state index contributed by atoms with van der Waals surface area (Å²) in [5.74, 6) is 0.382. The SMILES string of the molecule is Nc1ncnn2c(CCC[C@@H](CF)OCP(=O)(O)O)ccc12. The monoisotopic (exact) mass is 332 g/mol. The number of hydrogen-bond acceptors (Lipinski definition) is 5. The van der Waals surface area contributed by atoms with E-state index in [4.69, 9.17) is 20.3 Å². The quantitative estimate of drug-likeness (QED) is 0.619. The number of anilines is 1. The summed E-state index contributed by atoms with van der Waals surface area (Å²) in [6.45, 7) is -0.788. The Morgan fingerprint density at radius 1 is 1.45 bits per heavy atom. The summed E-state index contributed by atoms with van der Waals surface area (Å²) in [6, 6.07) is 3.67. The molecule has 0 bridgehead atoms. The van der Waals surface area contributed by atoms with Crippen LogP contribution in [0.3, 0.4) is 0 Å². The number of rotatable bonds is 8. The lowest BCUT2D eigenvalue weighted by Gasteiger charge is -2.14. The summed E-state index contributed by atoms with van der Waals surface area (Å²) in [5.41, 5.74) is 7.34. The molecule has 0 amide bonds. The summed E-state index contributed by atoms with van der Waals surface area (Å²) < 4.78 is 30.1.